The summed E-state index contributed by atoms with van der Waals surface area (Å²) in [5.74, 6) is -0.0498. The molecule has 1 N–H and O–H groups in total. The van der Waals surface area contributed by atoms with Gasteiger partial charge in [-0.05, 0) is 18.2 Å². The van der Waals surface area contributed by atoms with E-state index in [0.29, 0.717) is 5.39 Å². The van der Waals surface area contributed by atoms with Gasteiger partial charge in [0.2, 0.25) is 0 Å². The van der Waals surface area contributed by atoms with Gasteiger partial charge in [0, 0.05) is 61.6 Å². The molecule has 5 nitrogen and oxygen atoms in total. The number of non-ortho nitro benzene ring substituents is 1. The first-order valence-electron chi connectivity index (χ1n) is 3.91. The SMILES string of the molecule is O=[N+]([O-])c1ccc(O)c2ncccc12.[Eu]. The minimum Gasteiger partial charge on any atom is -0.506 e. The van der Waals surface area contributed by atoms with Gasteiger partial charge in [0.1, 0.15) is 11.3 Å². The number of aromatic nitrogens is 1. The molecular formula is C9H6EuN2O3. The minimum atomic E-state index is -0.497. The van der Waals surface area contributed by atoms with E-state index in [9.17, 15) is 15.2 Å². The van der Waals surface area contributed by atoms with Crippen molar-refractivity contribution >= 4 is 16.6 Å². The van der Waals surface area contributed by atoms with E-state index in [-0.39, 0.29) is 66.3 Å². The van der Waals surface area contributed by atoms with Crippen LogP contribution in [0.5, 0.6) is 5.75 Å². The summed E-state index contributed by atoms with van der Waals surface area (Å²) in [6, 6.07) is 5.68. The van der Waals surface area contributed by atoms with E-state index in [0.717, 1.165) is 0 Å². The Morgan fingerprint density at radius 3 is 2.73 bits per heavy atom. The first-order chi connectivity index (χ1) is 6.70. The van der Waals surface area contributed by atoms with Gasteiger partial charge in [0.05, 0.1) is 10.3 Å². The molecule has 0 amide bonds. The number of nitrogens with zero attached hydrogens (tertiary/aromatic N) is 2. The summed E-state index contributed by atoms with van der Waals surface area (Å²) in [7, 11) is 0. The molecule has 77 valence electrons. The molecule has 1 radical (unpaired) electrons. The molecule has 0 fully saturated rings. The molecule has 2 rings (SSSR count). The Balaban J connectivity index is 0.00000112. The normalized spacial score (nSPS) is 9.60. The maximum Gasteiger partial charge on any atom is 0.279 e. The van der Waals surface area contributed by atoms with Crippen molar-refractivity contribution in [3.05, 3.63) is 40.6 Å². The van der Waals surface area contributed by atoms with Gasteiger partial charge in [-0.2, -0.15) is 0 Å². The second kappa shape index (κ2) is 4.96. The molecule has 1 aromatic carbocycles. The van der Waals surface area contributed by atoms with Gasteiger partial charge in [-0.25, -0.2) is 0 Å². The standard InChI is InChI=1S/C9H6N2O3.Eu/c12-8-4-3-7(11(13)14)6-2-1-5-10-9(6)8;/h1-5,12H;. The van der Waals surface area contributed by atoms with Crippen LogP contribution in [0.25, 0.3) is 10.9 Å². The Morgan fingerprint density at radius 1 is 1.33 bits per heavy atom. The van der Waals surface area contributed by atoms with Crippen molar-refractivity contribution in [2.45, 2.75) is 0 Å². The number of nitro benzene ring substituents is 1. The van der Waals surface area contributed by atoms with Crippen molar-refractivity contribution in [2.75, 3.05) is 0 Å². The van der Waals surface area contributed by atoms with Gasteiger partial charge < -0.3 is 5.11 Å². The maximum atomic E-state index is 10.6. The van der Waals surface area contributed by atoms with Crippen molar-refractivity contribution in [1.82, 2.24) is 4.98 Å². The van der Waals surface area contributed by atoms with Crippen LogP contribution in [0.2, 0.25) is 0 Å². The second-order valence-electron chi connectivity index (χ2n) is 2.76. The van der Waals surface area contributed by atoms with Crippen molar-refractivity contribution in [3.8, 4) is 5.75 Å². The van der Waals surface area contributed by atoms with Crippen molar-refractivity contribution in [3.63, 3.8) is 0 Å². The van der Waals surface area contributed by atoms with E-state index in [2.05, 4.69) is 4.98 Å². The van der Waals surface area contributed by atoms with E-state index in [1.807, 2.05) is 0 Å². The van der Waals surface area contributed by atoms with Crippen LogP contribution in [0.4, 0.5) is 5.69 Å². The number of hydrogen-bond donors (Lipinski definition) is 1. The number of benzene rings is 1. The zero-order valence-electron chi connectivity index (χ0n) is 7.42. The first kappa shape index (κ1) is 12.5. The number of hydrogen-bond acceptors (Lipinski definition) is 4. The summed E-state index contributed by atoms with van der Waals surface area (Å²) >= 11 is 0. The minimum absolute atomic E-state index is 0. The molecule has 15 heavy (non-hydrogen) atoms. The van der Waals surface area contributed by atoms with Gasteiger partial charge in [-0.3, -0.25) is 15.1 Å². The Morgan fingerprint density at radius 2 is 2.07 bits per heavy atom. The summed E-state index contributed by atoms with van der Waals surface area (Å²) < 4.78 is 0. The number of phenols is 1. The van der Waals surface area contributed by atoms with Crippen LogP contribution in [-0.4, -0.2) is 15.0 Å². The molecule has 0 saturated carbocycles. The molecule has 1 heterocycles. The van der Waals surface area contributed by atoms with Crippen molar-refractivity contribution in [2.24, 2.45) is 0 Å². The van der Waals surface area contributed by atoms with Crippen LogP contribution < -0.4 is 0 Å². The Kier molecular flexibility index (Phi) is 4.13. The van der Waals surface area contributed by atoms with Crippen LogP contribution in [-0.2, 0) is 0 Å². The predicted molar refractivity (Wildman–Crippen MR) is 50.1 cm³/mol. The average Bonchev–Trinajstić information content (AvgIpc) is 2.18. The van der Waals surface area contributed by atoms with E-state index >= 15 is 0 Å². The van der Waals surface area contributed by atoms with E-state index in [1.54, 1.807) is 12.1 Å². The summed E-state index contributed by atoms with van der Waals surface area (Å²) in [5.41, 5.74) is 0.201. The monoisotopic (exact) mass is 343 g/mol. The third-order valence-electron chi connectivity index (χ3n) is 1.92. The molecule has 1 aromatic heterocycles. The molecule has 0 aliphatic carbocycles. The van der Waals surface area contributed by atoms with Gasteiger partial charge in [-0.1, -0.05) is 0 Å². The fourth-order valence-corrected chi connectivity index (χ4v) is 1.30. The number of phenolic OH excluding ortho intramolecular Hbond substituents is 1. The number of pyridine rings is 1. The number of rotatable bonds is 1. The summed E-state index contributed by atoms with van der Waals surface area (Å²) in [5, 5.41) is 20.4. The Labute approximate surface area is 126 Å². The van der Waals surface area contributed by atoms with Crippen LogP contribution >= 0.6 is 0 Å². The van der Waals surface area contributed by atoms with Gasteiger partial charge in [-0.15, -0.1) is 0 Å². The van der Waals surface area contributed by atoms with Crippen LogP contribution in [0.1, 0.15) is 0 Å². The van der Waals surface area contributed by atoms with Crippen LogP contribution in [0.3, 0.4) is 0 Å². The number of nitro groups is 1. The van der Waals surface area contributed by atoms with E-state index in [4.69, 9.17) is 0 Å². The third kappa shape index (κ3) is 2.33. The summed E-state index contributed by atoms with van der Waals surface area (Å²) in [6.45, 7) is 0. The van der Waals surface area contributed by atoms with E-state index < -0.39 is 4.92 Å². The van der Waals surface area contributed by atoms with Crippen molar-refractivity contribution < 1.29 is 59.4 Å². The molecule has 0 bridgehead atoms. The second-order valence-corrected chi connectivity index (χ2v) is 2.76. The van der Waals surface area contributed by atoms with Gasteiger partial charge >= 0.3 is 0 Å². The molecule has 6 heteroatoms. The van der Waals surface area contributed by atoms with Crippen LogP contribution in [0.15, 0.2) is 30.5 Å². The summed E-state index contributed by atoms with van der Waals surface area (Å²) in [6.07, 6.45) is 1.48. The van der Waals surface area contributed by atoms with Gasteiger partial charge in [0.25, 0.3) is 5.69 Å². The Bertz CT molecular complexity index is 516. The Hall–Kier alpha value is -0.586. The fourth-order valence-electron chi connectivity index (χ4n) is 1.30. The topological polar surface area (TPSA) is 76.3 Å². The van der Waals surface area contributed by atoms with Gasteiger partial charge in [0.15, 0.2) is 0 Å². The van der Waals surface area contributed by atoms with E-state index in [1.165, 1.54) is 18.3 Å². The molecular weight excluding hydrogens is 336 g/mol. The molecule has 0 saturated heterocycles. The molecule has 0 aliphatic rings. The smallest absolute Gasteiger partial charge is 0.279 e. The fraction of sp³-hybridized carbons (Fsp3) is 0. The molecule has 2 aromatic rings. The number of fused-ring (bicyclic) bond motifs is 1. The quantitative estimate of drug-likeness (QED) is 0.634. The largest absolute Gasteiger partial charge is 0.506 e. The molecule has 0 aliphatic heterocycles. The molecule has 0 spiro atoms. The summed E-state index contributed by atoms with van der Waals surface area (Å²) in [4.78, 5) is 14.0. The molecule has 0 unspecified atom stereocenters. The van der Waals surface area contributed by atoms with Crippen LogP contribution in [0, 0.1) is 59.5 Å². The first-order valence-corrected chi connectivity index (χ1v) is 3.91. The zero-order valence-corrected chi connectivity index (χ0v) is 9.85. The predicted octanol–water partition coefficient (Wildman–Crippen LogP) is 1.85. The average molecular weight is 342 g/mol. The third-order valence-corrected chi connectivity index (χ3v) is 1.92. The molecule has 0 atom stereocenters. The maximum absolute atomic E-state index is 10.6. The number of aromatic hydroxyl groups is 1. The van der Waals surface area contributed by atoms with Crippen molar-refractivity contribution in [1.29, 1.82) is 0 Å². The zero-order chi connectivity index (χ0) is 10.1.